The zero-order valence-electron chi connectivity index (χ0n) is 12.2. The lowest BCUT2D eigenvalue weighted by atomic mass is 10.1. The van der Waals surface area contributed by atoms with Gasteiger partial charge in [-0.15, -0.1) is 0 Å². The second-order valence-corrected chi connectivity index (χ2v) is 5.59. The Kier molecular flexibility index (Phi) is 3.15. The highest BCUT2D eigenvalue weighted by molar-refractivity contribution is 5.39. The van der Waals surface area contributed by atoms with E-state index in [9.17, 15) is 4.79 Å². The van der Waals surface area contributed by atoms with E-state index in [2.05, 4.69) is 17.1 Å². The normalized spacial score (nSPS) is 13.3. The second kappa shape index (κ2) is 5.30. The molecule has 0 radical (unpaired) electrons. The average Bonchev–Trinajstić information content (AvgIpc) is 3.00. The van der Waals surface area contributed by atoms with E-state index < -0.39 is 0 Å². The molecule has 4 heteroatoms. The van der Waals surface area contributed by atoms with Gasteiger partial charge in [-0.2, -0.15) is 0 Å². The molecule has 0 fully saturated rings. The van der Waals surface area contributed by atoms with Crippen molar-refractivity contribution < 1.29 is 4.74 Å². The Morgan fingerprint density at radius 3 is 2.95 bits per heavy atom. The monoisotopic (exact) mass is 292 g/mol. The van der Waals surface area contributed by atoms with Crippen LogP contribution in [0.5, 0.6) is 5.75 Å². The number of nitrogens with zero attached hydrogens (tertiary/aromatic N) is 2. The van der Waals surface area contributed by atoms with Crippen molar-refractivity contribution in [3.63, 3.8) is 0 Å². The number of benzene rings is 1. The van der Waals surface area contributed by atoms with Crippen LogP contribution in [0.2, 0.25) is 0 Å². The first-order valence-electron chi connectivity index (χ1n) is 7.51. The Morgan fingerprint density at radius 1 is 1.09 bits per heavy atom. The maximum absolute atomic E-state index is 12.0. The smallest absolute Gasteiger partial charge is 0.258 e. The topological polar surface area (TPSA) is 43.6 Å². The molecule has 0 saturated heterocycles. The summed E-state index contributed by atoms with van der Waals surface area (Å²) in [6.45, 7) is 0.305. The van der Waals surface area contributed by atoms with Crippen LogP contribution < -0.4 is 10.3 Å². The predicted molar refractivity (Wildman–Crippen MR) is 84.3 cm³/mol. The van der Waals surface area contributed by atoms with Crippen LogP contribution in [0.25, 0.3) is 5.65 Å². The van der Waals surface area contributed by atoms with E-state index in [-0.39, 0.29) is 5.56 Å². The minimum absolute atomic E-state index is 0.0850. The van der Waals surface area contributed by atoms with E-state index in [1.54, 1.807) is 6.20 Å². The fraction of sp³-hybridized carbons (Fsp3) is 0.222. The Hall–Kier alpha value is -2.62. The Balaban J connectivity index is 1.58. The molecule has 1 aromatic carbocycles. The van der Waals surface area contributed by atoms with Gasteiger partial charge >= 0.3 is 0 Å². The number of pyridine rings is 1. The first-order chi connectivity index (χ1) is 10.8. The number of aromatic nitrogens is 2. The number of aryl methyl sites for hydroxylation is 2. The van der Waals surface area contributed by atoms with Gasteiger partial charge in [0.1, 0.15) is 18.0 Å². The molecular weight excluding hydrogens is 276 g/mol. The quantitative estimate of drug-likeness (QED) is 0.745. The lowest BCUT2D eigenvalue weighted by Crippen LogP contribution is -2.16. The van der Waals surface area contributed by atoms with Gasteiger partial charge in [0.25, 0.3) is 5.56 Å². The van der Waals surface area contributed by atoms with Crippen LogP contribution in [0.15, 0.2) is 53.5 Å². The molecule has 22 heavy (non-hydrogen) atoms. The van der Waals surface area contributed by atoms with Crippen molar-refractivity contribution in [1.29, 1.82) is 0 Å². The van der Waals surface area contributed by atoms with Crippen LogP contribution in [0.4, 0.5) is 0 Å². The van der Waals surface area contributed by atoms with Gasteiger partial charge in [-0.3, -0.25) is 9.20 Å². The molecule has 4 rings (SSSR count). The number of fused-ring (bicyclic) bond motifs is 2. The van der Waals surface area contributed by atoms with E-state index >= 15 is 0 Å². The molecule has 2 heterocycles. The van der Waals surface area contributed by atoms with Gasteiger partial charge in [-0.25, -0.2) is 4.98 Å². The molecule has 0 saturated carbocycles. The first-order valence-corrected chi connectivity index (χ1v) is 7.51. The van der Waals surface area contributed by atoms with Crippen molar-refractivity contribution in [3.8, 4) is 5.75 Å². The minimum atomic E-state index is -0.0850. The highest BCUT2D eigenvalue weighted by atomic mass is 16.5. The van der Waals surface area contributed by atoms with Gasteiger partial charge in [-0.1, -0.05) is 12.1 Å². The van der Waals surface area contributed by atoms with E-state index in [1.165, 1.54) is 34.4 Å². The standard InChI is InChI=1S/C18H16N2O2/c21-18-11-15(19-17-6-1-2-9-20(17)18)12-22-16-8-7-13-4-3-5-14(13)10-16/h1-2,6-11H,3-5,12H2. The van der Waals surface area contributed by atoms with Crippen molar-refractivity contribution in [1.82, 2.24) is 9.38 Å². The zero-order chi connectivity index (χ0) is 14.9. The fourth-order valence-electron chi connectivity index (χ4n) is 2.97. The molecule has 0 N–H and O–H groups in total. The average molecular weight is 292 g/mol. The molecular formula is C18H16N2O2. The summed E-state index contributed by atoms with van der Waals surface area (Å²) in [5.41, 5.74) is 4.01. The molecule has 0 spiro atoms. The molecule has 110 valence electrons. The number of ether oxygens (including phenoxy) is 1. The van der Waals surface area contributed by atoms with E-state index in [1.807, 2.05) is 24.3 Å². The highest BCUT2D eigenvalue weighted by Crippen LogP contribution is 2.26. The molecule has 4 nitrogen and oxygen atoms in total. The number of hydrogen-bond acceptors (Lipinski definition) is 3. The van der Waals surface area contributed by atoms with Gasteiger partial charge in [0.2, 0.25) is 0 Å². The molecule has 0 atom stereocenters. The van der Waals surface area contributed by atoms with E-state index in [4.69, 9.17) is 4.74 Å². The molecule has 1 aliphatic carbocycles. The summed E-state index contributed by atoms with van der Waals surface area (Å²) in [5.74, 6) is 0.843. The van der Waals surface area contributed by atoms with Gasteiger partial charge in [-0.05, 0) is 54.7 Å². The molecule has 2 aromatic heterocycles. The third-order valence-electron chi connectivity index (χ3n) is 4.08. The van der Waals surface area contributed by atoms with Crippen molar-refractivity contribution in [2.75, 3.05) is 0 Å². The van der Waals surface area contributed by atoms with Crippen LogP contribution >= 0.6 is 0 Å². The minimum Gasteiger partial charge on any atom is -0.487 e. The summed E-state index contributed by atoms with van der Waals surface area (Å²) in [6, 6.07) is 13.3. The van der Waals surface area contributed by atoms with Crippen molar-refractivity contribution in [2.45, 2.75) is 25.9 Å². The Labute approximate surface area is 128 Å². The van der Waals surface area contributed by atoms with Crippen LogP contribution in [-0.2, 0) is 19.4 Å². The summed E-state index contributed by atoms with van der Waals surface area (Å²) in [6.07, 6.45) is 5.23. The molecule has 3 aromatic rings. The van der Waals surface area contributed by atoms with Crippen LogP contribution in [0.3, 0.4) is 0 Å². The summed E-state index contributed by atoms with van der Waals surface area (Å²) in [5, 5.41) is 0. The van der Waals surface area contributed by atoms with Crippen LogP contribution in [-0.4, -0.2) is 9.38 Å². The Morgan fingerprint density at radius 2 is 2.00 bits per heavy atom. The number of hydrogen-bond donors (Lipinski definition) is 0. The van der Waals surface area contributed by atoms with Crippen LogP contribution in [0.1, 0.15) is 23.2 Å². The summed E-state index contributed by atoms with van der Waals surface area (Å²) < 4.78 is 7.34. The maximum Gasteiger partial charge on any atom is 0.258 e. The van der Waals surface area contributed by atoms with Crippen molar-refractivity contribution in [3.05, 3.63) is 75.8 Å². The van der Waals surface area contributed by atoms with Gasteiger partial charge in [0.15, 0.2) is 0 Å². The number of rotatable bonds is 3. The third kappa shape index (κ3) is 2.37. The summed E-state index contributed by atoms with van der Waals surface area (Å²) in [7, 11) is 0. The Bertz CT molecular complexity index is 899. The SMILES string of the molecule is O=c1cc(COc2ccc3c(c2)CCC3)nc2ccccn12. The van der Waals surface area contributed by atoms with E-state index in [0.717, 1.165) is 12.2 Å². The molecule has 0 amide bonds. The predicted octanol–water partition coefficient (Wildman–Crippen LogP) is 2.76. The lowest BCUT2D eigenvalue weighted by Gasteiger charge is -2.08. The van der Waals surface area contributed by atoms with Gasteiger partial charge < -0.3 is 4.74 Å². The second-order valence-electron chi connectivity index (χ2n) is 5.59. The summed E-state index contributed by atoms with van der Waals surface area (Å²) in [4.78, 5) is 16.5. The molecule has 1 aliphatic rings. The lowest BCUT2D eigenvalue weighted by molar-refractivity contribution is 0.301. The van der Waals surface area contributed by atoms with Crippen LogP contribution in [0, 0.1) is 0 Å². The van der Waals surface area contributed by atoms with E-state index in [0.29, 0.717) is 17.9 Å². The molecule has 0 unspecified atom stereocenters. The van der Waals surface area contributed by atoms with Crippen molar-refractivity contribution in [2.24, 2.45) is 0 Å². The largest absolute Gasteiger partial charge is 0.487 e. The van der Waals surface area contributed by atoms with Gasteiger partial charge in [0, 0.05) is 12.3 Å². The third-order valence-corrected chi connectivity index (χ3v) is 4.08. The zero-order valence-corrected chi connectivity index (χ0v) is 12.2. The molecule has 0 bridgehead atoms. The maximum atomic E-state index is 12.0. The molecule has 0 aliphatic heterocycles. The van der Waals surface area contributed by atoms with Crippen molar-refractivity contribution >= 4 is 5.65 Å². The summed E-state index contributed by atoms with van der Waals surface area (Å²) >= 11 is 0. The highest BCUT2D eigenvalue weighted by Gasteiger charge is 2.11. The first kappa shape index (κ1) is 13.1. The van der Waals surface area contributed by atoms with Gasteiger partial charge in [0.05, 0.1) is 5.69 Å². The fourth-order valence-corrected chi connectivity index (χ4v) is 2.97.